The van der Waals surface area contributed by atoms with E-state index in [1.807, 2.05) is 0 Å². The largest absolute Gasteiger partial charge is 0.389 e. The van der Waals surface area contributed by atoms with Crippen molar-refractivity contribution >= 4 is 5.91 Å². The van der Waals surface area contributed by atoms with Crippen LogP contribution in [0.2, 0.25) is 0 Å². The lowest BCUT2D eigenvalue weighted by Crippen LogP contribution is -2.45. The third-order valence-corrected chi connectivity index (χ3v) is 2.17. The van der Waals surface area contributed by atoms with Gasteiger partial charge in [-0.15, -0.1) is 0 Å². The normalized spacial score (nSPS) is 14.6. The Morgan fingerprint density at radius 3 is 2.56 bits per heavy atom. The monoisotopic (exact) mass is 234 g/mol. The Bertz CT molecular complexity index is 201. The van der Waals surface area contributed by atoms with Gasteiger partial charge in [-0.25, -0.2) is 0 Å². The summed E-state index contributed by atoms with van der Waals surface area (Å²) >= 11 is 0. The molecule has 0 saturated carbocycles. The van der Waals surface area contributed by atoms with Gasteiger partial charge in [0.1, 0.15) is 0 Å². The zero-order valence-corrected chi connectivity index (χ0v) is 10.2. The van der Waals surface area contributed by atoms with Crippen LogP contribution < -0.4 is 5.73 Å². The molecule has 0 aliphatic rings. The van der Waals surface area contributed by atoms with E-state index in [1.54, 1.807) is 14.2 Å². The number of hydrogen-bond donors (Lipinski definition) is 2. The molecule has 0 aromatic heterocycles. The lowest BCUT2D eigenvalue weighted by molar-refractivity contribution is -0.133. The van der Waals surface area contributed by atoms with Crippen molar-refractivity contribution < 1.29 is 19.4 Å². The quantitative estimate of drug-likeness (QED) is 0.552. The summed E-state index contributed by atoms with van der Waals surface area (Å²) in [6.07, 6.45) is -0.214. The molecule has 6 nitrogen and oxygen atoms in total. The van der Waals surface area contributed by atoms with E-state index in [2.05, 4.69) is 0 Å². The number of methoxy groups -OCH3 is 2. The molecule has 0 fully saturated rings. The van der Waals surface area contributed by atoms with Gasteiger partial charge >= 0.3 is 0 Å². The summed E-state index contributed by atoms with van der Waals surface area (Å²) in [5.74, 6) is -0.202. The molecule has 0 aliphatic heterocycles. The fraction of sp³-hybridized carbons (Fsp3) is 0.900. The average molecular weight is 234 g/mol. The first kappa shape index (κ1) is 15.3. The summed E-state index contributed by atoms with van der Waals surface area (Å²) in [4.78, 5) is 13.1. The van der Waals surface area contributed by atoms with Crippen LogP contribution in [-0.2, 0) is 14.3 Å². The second kappa shape index (κ2) is 8.46. The van der Waals surface area contributed by atoms with Crippen LogP contribution >= 0.6 is 0 Å². The summed E-state index contributed by atoms with van der Waals surface area (Å²) in [7, 11) is 4.66. The predicted octanol–water partition coefficient (Wildman–Crippen LogP) is -1.18. The number of aliphatic hydroxyl groups is 1. The smallest absolute Gasteiger partial charge is 0.239 e. The van der Waals surface area contributed by atoms with E-state index >= 15 is 0 Å². The maximum atomic E-state index is 11.7. The van der Waals surface area contributed by atoms with E-state index in [4.69, 9.17) is 15.2 Å². The van der Waals surface area contributed by atoms with Crippen molar-refractivity contribution in [3.63, 3.8) is 0 Å². The van der Waals surface area contributed by atoms with E-state index in [1.165, 1.54) is 12.0 Å². The summed E-state index contributed by atoms with van der Waals surface area (Å²) in [6.45, 7) is 0.861. The standard InChI is InChI=1S/C10H22N2O4/c1-12(6-8(13)7-16-3)10(14)9(11)4-5-15-2/h8-9,13H,4-7,11H2,1-3H3. The number of likely N-dealkylation sites (N-methyl/N-ethyl adjacent to an activating group) is 1. The molecule has 0 radical (unpaired) electrons. The van der Waals surface area contributed by atoms with Crippen molar-refractivity contribution in [2.75, 3.05) is 41.0 Å². The van der Waals surface area contributed by atoms with Gasteiger partial charge in [0.2, 0.25) is 5.91 Å². The molecule has 16 heavy (non-hydrogen) atoms. The highest BCUT2D eigenvalue weighted by Crippen LogP contribution is 1.97. The van der Waals surface area contributed by atoms with Gasteiger partial charge in [-0.3, -0.25) is 4.79 Å². The van der Waals surface area contributed by atoms with E-state index in [0.29, 0.717) is 13.0 Å². The number of carbonyl (C=O) groups is 1. The van der Waals surface area contributed by atoms with Crippen molar-refractivity contribution in [3.8, 4) is 0 Å². The molecule has 96 valence electrons. The Labute approximate surface area is 96.3 Å². The number of rotatable bonds is 8. The van der Waals surface area contributed by atoms with Crippen molar-refractivity contribution in [1.82, 2.24) is 4.90 Å². The number of nitrogens with two attached hydrogens (primary N) is 1. The topological polar surface area (TPSA) is 85.0 Å². The van der Waals surface area contributed by atoms with E-state index in [0.717, 1.165) is 0 Å². The Balaban J connectivity index is 3.96. The van der Waals surface area contributed by atoms with E-state index in [9.17, 15) is 9.90 Å². The van der Waals surface area contributed by atoms with Crippen molar-refractivity contribution in [2.45, 2.75) is 18.6 Å². The molecular weight excluding hydrogens is 212 g/mol. The molecule has 0 saturated heterocycles. The third-order valence-electron chi connectivity index (χ3n) is 2.17. The average Bonchev–Trinajstić information content (AvgIpc) is 2.24. The summed E-state index contributed by atoms with van der Waals surface area (Å²) in [5.41, 5.74) is 5.67. The highest BCUT2D eigenvalue weighted by atomic mass is 16.5. The molecule has 1 amide bonds. The minimum atomic E-state index is -0.687. The Hall–Kier alpha value is -0.690. The maximum Gasteiger partial charge on any atom is 0.239 e. The number of aliphatic hydroxyl groups excluding tert-OH is 1. The first-order valence-electron chi connectivity index (χ1n) is 5.19. The molecule has 0 aliphatic carbocycles. The number of hydrogen-bond acceptors (Lipinski definition) is 5. The molecule has 0 aromatic rings. The van der Waals surface area contributed by atoms with Crippen molar-refractivity contribution in [2.24, 2.45) is 5.73 Å². The van der Waals surface area contributed by atoms with Crippen LogP contribution in [0.4, 0.5) is 0 Å². The molecule has 0 rings (SSSR count). The Morgan fingerprint density at radius 1 is 1.44 bits per heavy atom. The zero-order chi connectivity index (χ0) is 12.6. The molecule has 6 heteroatoms. The molecule has 2 unspecified atom stereocenters. The fourth-order valence-corrected chi connectivity index (χ4v) is 1.30. The van der Waals surface area contributed by atoms with Crippen LogP contribution in [0.25, 0.3) is 0 Å². The second-order valence-electron chi connectivity index (χ2n) is 3.72. The number of carbonyl (C=O) groups excluding carboxylic acids is 1. The lowest BCUT2D eigenvalue weighted by atomic mass is 10.2. The fourth-order valence-electron chi connectivity index (χ4n) is 1.30. The van der Waals surface area contributed by atoms with Gasteiger partial charge in [0, 0.05) is 34.4 Å². The van der Waals surface area contributed by atoms with Gasteiger partial charge in [-0.2, -0.15) is 0 Å². The van der Waals surface area contributed by atoms with Crippen molar-refractivity contribution in [1.29, 1.82) is 0 Å². The number of nitrogens with zero attached hydrogens (tertiary/aromatic N) is 1. The van der Waals surface area contributed by atoms with Crippen LogP contribution in [0, 0.1) is 0 Å². The van der Waals surface area contributed by atoms with Gasteiger partial charge in [-0.1, -0.05) is 0 Å². The molecule has 2 atom stereocenters. The summed E-state index contributed by atoms with van der Waals surface area (Å²) in [5, 5.41) is 9.44. The van der Waals surface area contributed by atoms with Crippen LogP contribution in [0.3, 0.4) is 0 Å². The van der Waals surface area contributed by atoms with Gasteiger partial charge < -0.3 is 25.2 Å². The first-order valence-corrected chi connectivity index (χ1v) is 5.19. The van der Waals surface area contributed by atoms with Gasteiger partial charge in [0.15, 0.2) is 0 Å². The SMILES string of the molecule is COCCC(N)C(=O)N(C)CC(O)COC. The predicted molar refractivity (Wildman–Crippen MR) is 60.0 cm³/mol. The first-order chi connectivity index (χ1) is 7.52. The molecule has 0 aromatic carbocycles. The number of amides is 1. The molecule has 0 spiro atoms. The molecule has 0 heterocycles. The maximum absolute atomic E-state index is 11.7. The molecule has 0 bridgehead atoms. The molecular formula is C10H22N2O4. The third kappa shape index (κ3) is 6.02. The van der Waals surface area contributed by atoms with Gasteiger partial charge in [-0.05, 0) is 6.42 Å². The van der Waals surface area contributed by atoms with E-state index in [-0.39, 0.29) is 19.1 Å². The highest BCUT2D eigenvalue weighted by molar-refractivity contribution is 5.81. The minimum absolute atomic E-state index is 0.199. The number of ether oxygens (including phenoxy) is 2. The second-order valence-corrected chi connectivity index (χ2v) is 3.72. The Kier molecular flexibility index (Phi) is 8.10. The van der Waals surface area contributed by atoms with Gasteiger partial charge in [0.05, 0.1) is 18.8 Å². The summed E-state index contributed by atoms with van der Waals surface area (Å²) in [6, 6.07) is -0.584. The Morgan fingerprint density at radius 2 is 2.06 bits per heavy atom. The van der Waals surface area contributed by atoms with Crippen LogP contribution in [0.5, 0.6) is 0 Å². The van der Waals surface area contributed by atoms with Crippen LogP contribution in [0.15, 0.2) is 0 Å². The minimum Gasteiger partial charge on any atom is -0.389 e. The molecule has 3 N–H and O–H groups in total. The lowest BCUT2D eigenvalue weighted by Gasteiger charge is -2.23. The van der Waals surface area contributed by atoms with Crippen molar-refractivity contribution in [3.05, 3.63) is 0 Å². The van der Waals surface area contributed by atoms with Crippen LogP contribution in [0.1, 0.15) is 6.42 Å². The van der Waals surface area contributed by atoms with Gasteiger partial charge in [0.25, 0.3) is 0 Å². The van der Waals surface area contributed by atoms with Crippen LogP contribution in [-0.4, -0.2) is 69.1 Å². The van der Waals surface area contributed by atoms with E-state index < -0.39 is 12.1 Å². The zero-order valence-electron chi connectivity index (χ0n) is 10.2. The highest BCUT2D eigenvalue weighted by Gasteiger charge is 2.19. The summed E-state index contributed by atoms with van der Waals surface area (Å²) < 4.78 is 9.61.